The zero-order valence-electron chi connectivity index (χ0n) is 15.5. The summed E-state index contributed by atoms with van der Waals surface area (Å²) in [6.45, 7) is 8.94. The molecule has 0 saturated carbocycles. The highest BCUT2D eigenvalue weighted by Crippen LogP contribution is 2.11. The van der Waals surface area contributed by atoms with E-state index in [1.807, 2.05) is 32.9 Å². The van der Waals surface area contributed by atoms with Gasteiger partial charge in [-0.2, -0.15) is 0 Å². The normalized spacial score (nSPS) is 14.5. The molecule has 0 aliphatic rings. The van der Waals surface area contributed by atoms with Crippen LogP contribution in [0.25, 0.3) is 0 Å². The molecule has 2 amide bonds. The van der Waals surface area contributed by atoms with Gasteiger partial charge in [0.05, 0.1) is 5.92 Å². The molecule has 0 bridgehead atoms. The maximum absolute atomic E-state index is 12.5. The Morgan fingerprint density at radius 1 is 1.04 bits per heavy atom. The predicted octanol–water partition coefficient (Wildman–Crippen LogP) is 2.36. The van der Waals surface area contributed by atoms with Crippen LogP contribution in [0, 0.1) is 18.8 Å². The third-order valence-electron chi connectivity index (χ3n) is 4.23. The van der Waals surface area contributed by atoms with Crippen molar-refractivity contribution in [1.29, 1.82) is 0 Å². The number of benzene rings is 1. The first kappa shape index (κ1) is 20.7. The molecule has 6 nitrogen and oxygen atoms in total. The second kappa shape index (κ2) is 9.20. The van der Waals surface area contributed by atoms with Crippen LogP contribution in [0.3, 0.4) is 0 Å². The third-order valence-corrected chi connectivity index (χ3v) is 4.23. The highest BCUT2D eigenvalue weighted by Gasteiger charge is 2.27. The lowest BCUT2D eigenvalue weighted by atomic mass is 9.99. The van der Waals surface area contributed by atoms with E-state index in [4.69, 9.17) is 5.11 Å². The Balaban J connectivity index is 2.86. The van der Waals surface area contributed by atoms with Crippen molar-refractivity contribution in [3.63, 3.8) is 0 Å². The van der Waals surface area contributed by atoms with E-state index in [9.17, 15) is 14.4 Å². The van der Waals surface area contributed by atoms with Gasteiger partial charge in [0.1, 0.15) is 6.04 Å². The molecule has 0 spiro atoms. The molecule has 1 aromatic carbocycles. The minimum absolute atomic E-state index is 0.195. The number of hydrogen-bond donors (Lipinski definition) is 3. The monoisotopic (exact) mass is 348 g/mol. The smallest absolute Gasteiger partial charge is 0.308 e. The van der Waals surface area contributed by atoms with Crippen molar-refractivity contribution >= 4 is 17.8 Å². The molecule has 0 radical (unpaired) electrons. The molecule has 0 aromatic heterocycles. The molecular weight excluding hydrogens is 320 g/mol. The zero-order valence-corrected chi connectivity index (χ0v) is 15.5. The SMILES string of the molecule is Cc1ccccc1C(=O)NC(CC(C)C)C(=O)NC(C)C(C)C(=O)O. The number of amides is 2. The number of carbonyl (C=O) groups is 3. The van der Waals surface area contributed by atoms with Gasteiger partial charge in [0.25, 0.3) is 5.91 Å². The molecule has 3 unspecified atom stereocenters. The third kappa shape index (κ3) is 6.21. The van der Waals surface area contributed by atoms with Crippen molar-refractivity contribution in [3.8, 4) is 0 Å². The fraction of sp³-hybridized carbons (Fsp3) is 0.526. The van der Waals surface area contributed by atoms with E-state index < -0.39 is 24.0 Å². The maximum atomic E-state index is 12.5. The summed E-state index contributed by atoms with van der Waals surface area (Å²) < 4.78 is 0. The fourth-order valence-electron chi connectivity index (χ4n) is 2.43. The zero-order chi connectivity index (χ0) is 19.1. The summed E-state index contributed by atoms with van der Waals surface area (Å²) in [6.07, 6.45) is 0.470. The van der Waals surface area contributed by atoms with Crippen LogP contribution >= 0.6 is 0 Å². The molecule has 138 valence electrons. The molecule has 3 atom stereocenters. The Labute approximate surface area is 149 Å². The molecule has 1 aromatic rings. The van der Waals surface area contributed by atoms with E-state index in [0.29, 0.717) is 12.0 Å². The molecule has 0 aliphatic heterocycles. The van der Waals surface area contributed by atoms with Gasteiger partial charge in [0.15, 0.2) is 0 Å². The average molecular weight is 348 g/mol. The van der Waals surface area contributed by atoms with E-state index in [1.54, 1.807) is 19.1 Å². The van der Waals surface area contributed by atoms with Gasteiger partial charge in [-0.3, -0.25) is 14.4 Å². The first-order valence-corrected chi connectivity index (χ1v) is 8.53. The highest BCUT2D eigenvalue weighted by molar-refractivity contribution is 5.98. The predicted molar refractivity (Wildman–Crippen MR) is 96.3 cm³/mol. The van der Waals surface area contributed by atoms with Gasteiger partial charge in [0, 0.05) is 11.6 Å². The Hall–Kier alpha value is -2.37. The Morgan fingerprint density at radius 3 is 2.16 bits per heavy atom. The van der Waals surface area contributed by atoms with Crippen molar-refractivity contribution in [3.05, 3.63) is 35.4 Å². The quantitative estimate of drug-likeness (QED) is 0.672. The van der Waals surface area contributed by atoms with Gasteiger partial charge in [-0.25, -0.2) is 0 Å². The first-order chi connectivity index (χ1) is 11.6. The van der Waals surface area contributed by atoms with Crippen LogP contribution in [-0.2, 0) is 9.59 Å². The summed E-state index contributed by atoms with van der Waals surface area (Å²) in [5.74, 6) is -2.16. The van der Waals surface area contributed by atoms with E-state index in [1.165, 1.54) is 6.92 Å². The molecule has 25 heavy (non-hydrogen) atoms. The summed E-state index contributed by atoms with van der Waals surface area (Å²) in [6, 6.07) is 5.92. The van der Waals surface area contributed by atoms with Crippen molar-refractivity contribution in [1.82, 2.24) is 10.6 Å². The van der Waals surface area contributed by atoms with Crippen LogP contribution in [0.15, 0.2) is 24.3 Å². The van der Waals surface area contributed by atoms with Crippen molar-refractivity contribution in [2.75, 3.05) is 0 Å². The van der Waals surface area contributed by atoms with Crippen LogP contribution in [0.5, 0.6) is 0 Å². The second-order valence-electron chi connectivity index (χ2n) is 6.89. The average Bonchev–Trinajstić information content (AvgIpc) is 2.53. The largest absolute Gasteiger partial charge is 0.481 e. The number of rotatable bonds is 8. The minimum atomic E-state index is -0.975. The molecule has 1 rings (SSSR count). The molecular formula is C19H28N2O4. The standard InChI is InChI=1S/C19H28N2O4/c1-11(2)10-16(18(23)20-14(5)13(4)19(24)25)21-17(22)15-9-7-6-8-12(15)3/h6-9,11,13-14,16H,10H2,1-5H3,(H,20,23)(H,21,22)(H,24,25). The summed E-state index contributed by atoms with van der Waals surface area (Å²) in [5, 5.41) is 14.5. The van der Waals surface area contributed by atoms with Crippen molar-refractivity contribution < 1.29 is 19.5 Å². The molecule has 0 saturated heterocycles. The van der Waals surface area contributed by atoms with Crippen molar-refractivity contribution in [2.45, 2.75) is 53.1 Å². The first-order valence-electron chi connectivity index (χ1n) is 8.53. The van der Waals surface area contributed by atoms with Crippen LogP contribution in [0.2, 0.25) is 0 Å². The Kier molecular flexibility index (Phi) is 7.61. The summed E-state index contributed by atoms with van der Waals surface area (Å²) in [5.41, 5.74) is 1.35. The number of aryl methyl sites for hydroxylation is 1. The Bertz CT molecular complexity index is 628. The Morgan fingerprint density at radius 2 is 1.64 bits per heavy atom. The van der Waals surface area contributed by atoms with Gasteiger partial charge in [-0.15, -0.1) is 0 Å². The lowest BCUT2D eigenvalue weighted by molar-refractivity contribution is -0.142. The minimum Gasteiger partial charge on any atom is -0.481 e. The molecule has 0 heterocycles. The van der Waals surface area contributed by atoms with E-state index in [-0.39, 0.29) is 17.7 Å². The van der Waals surface area contributed by atoms with Crippen LogP contribution < -0.4 is 10.6 Å². The van der Waals surface area contributed by atoms with Crippen LogP contribution in [-0.4, -0.2) is 35.0 Å². The lowest BCUT2D eigenvalue weighted by Gasteiger charge is -2.24. The number of carboxylic acid groups (broad SMARTS) is 1. The van der Waals surface area contributed by atoms with Gasteiger partial charge < -0.3 is 15.7 Å². The van der Waals surface area contributed by atoms with E-state index >= 15 is 0 Å². The van der Waals surface area contributed by atoms with Gasteiger partial charge >= 0.3 is 5.97 Å². The maximum Gasteiger partial charge on any atom is 0.308 e. The molecule has 0 aliphatic carbocycles. The van der Waals surface area contributed by atoms with Gasteiger partial charge in [-0.05, 0) is 44.7 Å². The van der Waals surface area contributed by atoms with Crippen molar-refractivity contribution in [2.24, 2.45) is 11.8 Å². The number of nitrogens with one attached hydrogen (secondary N) is 2. The molecule has 6 heteroatoms. The number of carbonyl (C=O) groups excluding carboxylic acids is 2. The number of hydrogen-bond acceptors (Lipinski definition) is 3. The summed E-state index contributed by atoms with van der Waals surface area (Å²) >= 11 is 0. The highest BCUT2D eigenvalue weighted by atomic mass is 16.4. The summed E-state index contributed by atoms with van der Waals surface area (Å²) in [4.78, 5) is 36.1. The van der Waals surface area contributed by atoms with E-state index in [0.717, 1.165) is 5.56 Å². The fourth-order valence-corrected chi connectivity index (χ4v) is 2.43. The van der Waals surface area contributed by atoms with Crippen LogP contribution in [0.4, 0.5) is 0 Å². The molecule has 3 N–H and O–H groups in total. The van der Waals surface area contributed by atoms with Gasteiger partial charge in [-0.1, -0.05) is 32.0 Å². The lowest BCUT2D eigenvalue weighted by Crippen LogP contribution is -2.51. The van der Waals surface area contributed by atoms with Gasteiger partial charge in [0.2, 0.25) is 5.91 Å². The molecule has 0 fully saturated rings. The second-order valence-corrected chi connectivity index (χ2v) is 6.89. The van der Waals surface area contributed by atoms with Crippen LogP contribution in [0.1, 0.15) is 50.0 Å². The topological polar surface area (TPSA) is 95.5 Å². The summed E-state index contributed by atoms with van der Waals surface area (Å²) in [7, 11) is 0. The number of aliphatic carboxylic acids is 1. The van der Waals surface area contributed by atoms with E-state index in [2.05, 4.69) is 10.6 Å². The number of carboxylic acids is 1.